The summed E-state index contributed by atoms with van der Waals surface area (Å²) < 4.78 is 5.35. The maximum atomic E-state index is 12.6. The largest absolute Gasteiger partial charge is 0.459 e. The van der Waals surface area contributed by atoms with Gasteiger partial charge in [-0.3, -0.25) is 14.4 Å². The molecule has 128 valence electrons. The number of carbonyl (C=O) groups excluding carboxylic acids is 3. The third kappa shape index (κ3) is 3.32. The minimum Gasteiger partial charge on any atom is -0.459 e. The van der Waals surface area contributed by atoms with Crippen molar-refractivity contribution in [3.05, 3.63) is 46.5 Å². The maximum absolute atomic E-state index is 12.6. The van der Waals surface area contributed by atoms with E-state index >= 15 is 0 Å². The van der Waals surface area contributed by atoms with E-state index in [4.69, 9.17) is 4.74 Å². The van der Waals surface area contributed by atoms with Crippen LogP contribution in [0.15, 0.2) is 35.4 Å². The fourth-order valence-electron chi connectivity index (χ4n) is 3.16. The number of hydrogen-bond acceptors (Lipinski definition) is 4. The summed E-state index contributed by atoms with van der Waals surface area (Å²) in [5, 5.41) is 0. The van der Waals surface area contributed by atoms with E-state index < -0.39 is 5.60 Å². The molecule has 0 bridgehead atoms. The van der Waals surface area contributed by atoms with Gasteiger partial charge in [-0.25, -0.2) is 0 Å². The SMILES string of the molecule is CC.CC1=C(CCC2(C)CCC(=O)O2)C(=O)c2ccccc2C1=O. The highest BCUT2D eigenvalue weighted by Crippen LogP contribution is 2.35. The molecule has 0 spiro atoms. The molecule has 1 atom stereocenters. The molecule has 0 radical (unpaired) electrons. The van der Waals surface area contributed by atoms with Gasteiger partial charge >= 0.3 is 5.97 Å². The van der Waals surface area contributed by atoms with Gasteiger partial charge < -0.3 is 4.74 Å². The molecule has 1 aliphatic carbocycles. The van der Waals surface area contributed by atoms with Crippen molar-refractivity contribution < 1.29 is 19.1 Å². The summed E-state index contributed by atoms with van der Waals surface area (Å²) in [5.74, 6) is -0.357. The van der Waals surface area contributed by atoms with E-state index in [1.165, 1.54) is 0 Å². The molecule has 4 heteroatoms. The Kier molecular flexibility index (Phi) is 5.37. The molecule has 1 aromatic rings. The zero-order valence-electron chi connectivity index (χ0n) is 14.8. The summed E-state index contributed by atoms with van der Waals surface area (Å²) in [7, 11) is 0. The molecular weight excluding hydrogens is 304 g/mol. The normalized spacial score (nSPS) is 22.8. The van der Waals surface area contributed by atoms with Crippen LogP contribution in [0.5, 0.6) is 0 Å². The van der Waals surface area contributed by atoms with E-state index in [0.29, 0.717) is 48.0 Å². The highest BCUT2D eigenvalue weighted by molar-refractivity contribution is 6.26. The Morgan fingerprint density at radius 2 is 1.62 bits per heavy atom. The first-order chi connectivity index (χ1) is 11.4. The van der Waals surface area contributed by atoms with Gasteiger partial charge in [-0.15, -0.1) is 0 Å². The predicted molar refractivity (Wildman–Crippen MR) is 92.1 cm³/mol. The lowest BCUT2D eigenvalue weighted by Crippen LogP contribution is -2.26. The molecule has 2 aliphatic rings. The highest BCUT2D eigenvalue weighted by atomic mass is 16.6. The van der Waals surface area contributed by atoms with Gasteiger partial charge in [-0.2, -0.15) is 0 Å². The van der Waals surface area contributed by atoms with Crippen molar-refractivity contribution in [2.45, 2.75) is 59.0 Å². The third-order valence-corrected chi connectivity index (χ3v) is 4.61. The number of carbonyl (C=O) groups is 3. The Morgan fingerprint density at radius 3 is 2.17 bits per heavy atom. The van der Waals surface area contributed by atoms with E-state index in [9.17, 15) is 14.4 Å². The number of Topliss-reactive ketones (excluding diaryl/α,β-unsaturated/α-hetero) is 2. The minimum atomic E-state index is -0.523. The van der Waals surface area contributed by atoms with Crippen LogP contribution in [0.25, 0.3) is 0 Å². The molecule has 1 saturated heterocycles. The summed E-state index contributed by atoms with van der Waals surface area (Å²) in [5.41, 5.74) is 1.49. The molecule has 1 fully saturated rings. The predicted octanol–water partition coefficient (Wildman–Crippen LogP) is 4.28. The number of rotatable bonds is 3. The lowest BCUT2D eigenvalue weighted by Gasteiger charge is -2.25. The Hall–Kier alpha value is -2.23. The molecule has 3 rings (SSSR count). The molecule has 1 heterocycles. The molecule has 1 aromatic carbocycles. The Labute approximate surface area is 142 Å². The second-order valence-electron chi connectivity index (χ2n) is 6.23. The maximum Gasteiger partial charge on any atom is 0.306 e. The van der Waals surface area contributed by atoms with Crippen LogP contribution >= 0.6 is 0 Å². The van der Waals surface area contributed by atoms with E-state index in [-0.39, 0.29) is 17.5 Å². The molecule has 0 saturated carbocycles. The molecule has 0 N–H and O–H groups in total. The van der Waals surface area contributed by atoms with Gasteiger partial charge in [0.15, 0.2) is 11.6 Å². The van der Waals surface area contributed by atoms with Crippen molar-refractivity contribution in [1.82, 2.24) is 0 Å². The van der Waals surface area contributed by atoms with Gasteiger partial charge in [0.25, 0.3) is 0 Å². The van der Waals surface area contributed by atoms with E-state index in [1.54, 1.807) is 31.2 Å². The Morgan fingerprint density at radius 1 is 1.04 bits per heavy atom. The second kappa shape index (κ2) is 7.12. The lowest BCUT2D eigenvalue weighted by molar-refractivity contribution is -0.147. The number of fused-ring (bicyclic) bond motifs is 1. The van der Waals surface area contributed by atoms with E-state index in [1.807, 2.05) is 20.8 Å². The smallest absolute Gasteiger partial charge is 0.306 e. The summed E-state index contributed by atoms with van der Waals surface area (Å²) >= 11 is 0. The van der Waals surface area contributed by atoms with Crippen LogP contribution in [-0.2, 0) is 9.53 Å². The lowest BCUT2D eigenvalue weighted by atomic mass is 9.81. The van der Waals surface area contributed by atoms with Crippen molar-refractivity contribution in [3.8, 4) is 0 Å². The molecule has 24 heavy (non-hydrogen) atoms. The zero-order valence-corrected chi connectivity index (χ0v) is 14.8. The van der Waals surface area contributed by atoms with Gasteiger partial charge in [0, 0.05) is 28.7 Å². The summed E-state index contributed by atoms with van der Waals surface area (Å²) in [6, 6.07) is 6.92. The van der Waals surface area contributed by atoms with Crippen LogP contribution in [0, 0.1) is 0 Å². The standard InChI is InChI=1S/C18H18O4.C2H6/c1-11-12(7-9-18(2)10-8-15(19)22-18)17(21)14-6-4-3-5-13(14)16(11)20;1-2/h3-6H,7-10H2,1-2H3;1-2H3. The number of benzene rings is 1. The molecular formula is C20H24O4. The van der Waals surface area contributed by atoms with Gasteiger partial charge in [0.1, 0.15) is 5.60 Å². The number of allylic oxidation sites excluding steroid dienone is 2. The van der Waals surface area contributed by atoms with Crippen molar-refractivity contribution in [1.29, 1.82) is 0 Å². The number of ether oxygens (including phenoxy) is 1. The van der Waals surface area contributed by atoms with Gasteiger partial charge in [-0.05, 0) is 33.1 Å². The van der Waals surface area contributed by atoms with Crippen LogP contribution in [-0.4, -0.2) is 23.1 Å². The quantitative estimate of drug-likeness (QED) is 0.777. The van der Waals surface area contributed by atoms with Crippen LogP contribution in [0.2, 0.25) is 0 Å². The average molecular weight is 328 g/mol. The third-order valence-electron chi connectivity index (χ3n) is 4.61. The fraction of sp³-hybridized carbons (Fsp3) is 0.450. The fourth-order valence-corrected chi connectivity index (χ4v) is 3.16. The number of cyclic esters (lactones) is 1. The number of esters is 1. The zero-order chi connectivity index (χ0) is 17.9. The second-order valence-corrected chi connectivity index (χ2v) is 6.23. The van der Waals surface area contributed by atoms with Crippen LogP contribution in [0.3, 0.4) is 0 Å². The van der Waals surface area contributed by atoms with Gasteiger partial charge in [0.2, 0.25) is 0 Å². The van der Waals surface area contributed by atoms with Gasteiger partial charge in [-0.1, -0.05) is 38.1 Å². The first-order valence-electron chi connectivity index (χ1n) is 8.51. The molecule has 1 unspecified atom stereocenters. The van der Waals surface area contributed by atoms with E-state index in [2.05, 4.69) is 0 Å². The van der Waals surface area contributed by atoms with Gasteiger partial charge in [0.05, 0.1) is 0 Å². The number of hydrogen-bond donors (Lipinski definition) is 0. The summed E-state index contributed by atoms with van der Waals surface area (Å²) in [6.07, 6.45) is 2.10. The highest BCUT2D eigenvalue weighted by Gasteiger charge is 2.37. The first-order valence-corrected chi connectivity index (χ1v) is 8.51. The van der Waals surface area contributed by atoms with Crippen molar-refractivity contribution >= 4 is 17.5 Å². The molecule has 4 nitrogen and oxygen atoms in total. The molecule has 1 aliphatic heterocycles. The summed E-state index contributed by atoms with van der Waals surface area (Å²) in [6.45, 7) is 7.59. The first kappa shape index (κ1) is 18.1. The summed E-state index contributed by atoms with van der Waals surface area (Å²) in [4.78, 5) is 36.3. The van der Waals surface area contributed by atoms with Crippen molar-refractivity contribution in [2.24, 2.45) is 0 Å². The monoisotopic (exact) mass is 328 g/mol. The molecule has 0 aromatic heterocycles. The topological polar surface area (TPSA) is 60.4 Å². The van der Waals surface area contributed by atoms with E-state index in [0.717, 1.165) is 0 Å². The molecule has 0 amide bonds. The number of ketones is 2. The minimum absolute atomic E-state index is 0.0828. The van der Waals surface area contributed by atoms with Crippen LogP contribution in [0.1, 0.15) is 74.1 Å². The van der Waals surface area contributed by atoms with Crippen molar-refractivity contribution in [2.75, 3.05) is 0 Å². The van der Waals surface area contributed by atoms with Crippen LogP contribution < -0.4 is 0 Å². The average Bonchev–Trinajstić information content (AvgIpc) is 2.94. The van der Waals surface area contributed by atoms with Crippen LogP contribution in [0.4, 0.5) is 0 Å². The Bertz CT molecular complexity index is 714. The Balaban J connectivity index is 0.00000100. The van der Waals surface area contributed by atoms with Crippen molar-refractivity contribution in [3.63, 3.8) is 0 Å².